The highest BCUT2D eigenvalue weighted by atomic mass is 16.4. The van der Waals surface area contributed by atoms with Gasteiger partial charge in [-0.05, 0) is 13.8 Å². The van der Waals surface area contributed by atoms with E-state index in [4.69, 9.17) is 10.8 Å². The maximum atomic E-state index is 10.6. The van der Waals surface area contributed by atoms with Gasteiger partial charge in [0, 0.05) is 18.5 Å². The fraction of sp³-hybridized carbons (Fsp3) is 0.750. The van der Waals surface area contributed by atoms with Gasteiger partial charge in [-0.3, -0.25) is 9.59 Å². The number of rotatable bonds is 6. The molecule has 0 atom stereocenters. The number of aliphatic carboxylic acids is 1. The molecule has 0 aromatic carbocycles. The molecule has 0 bridgehead atoms. The Labute approximate surface area is 77.3 Å². The van der Waals surface area contributed by atoms with Gasteiger partial charge in [0.05, 0.1) is 6.42 Å². The Morgan fingerprint density at radius 1 is 1.46 bits per heavy atom. The van der Waals surface area contributed by atoms with E-state index in [1.807, 2.05) is 0 Å². The summed E-state index contributed by atoms with van der Waals surface area (Å²) < 4.78 is 0. The molecule has 0 saturated heterocycles. The van der Waals surface area contributed by atoms with E-state index in [0.717, 1.165) is 0 Å². The summed E-state index contributed by atoms with van der Waals surface area (Å²) in [6.07, 6.45) is 0.245. The molecule has 5 nitrogen and oxygen atoms in total. The minimum absolute atomic E-state index is 0.0438. The van der Waals surface area contributed by atoms with E-state index in [2.05, 4.69) is 5.32 Å². The number of carbonyl (C=O) groups excluding carboxylic acids is 1. The number of carboxylic acid groups (broad SMARTS) is 1. The lowest BCUT2D eigenvalue weighted by Crippen LogP contribution is -2.43. The molecule has 5 heteroatoms. The van der Waals surface area contributed by atoms with Crippen LogP contribution in [0.3, 0.4) is 0 Å². The third kappa shape index (κ3) is 7.27. The number of nitrogens with one attached hydrogen (secondary N) is 1. The summed E-state index contributed by atoms with van der Waals surface area (Å²) in [5, 5.41) is 11.3. The molecule has 0 aromatic heterocycles. The Kier molecular flexibility index (Phi) is 4.40. The lowest BCUT2D eigenvalue weighted by atomic mass is 10.0. The van der Waals surface area contributed by atoms with Crippen LogP contribution >= 0.6 is 0 Å². The van der Waals surface area contributed by atoms with Gasteiger partial charge in [0.25, 0.3) is 0 Å². The van der Waals surface area contributed by atoms with Crippen LogP contribution in [0.15, 0.2) is 0 Å². The zero-order valence-corrected chi connectivity index (χ0v) is 7.96. The molecule has 4 N–H and O–H groups in total. The SMILES string of the molecule is CC(C)(CC(N)=O)NCCC(=O)O. The van der Waals surface area contributed by atoms with Gasteiger partial charge in [0.15, 0.2) is 0 Å². The van der Waals surface area contributed by atoms with Crippen molar-refractivity contribution in [3.63, 3.8) is 0 Å². The summed E-state index contributed by atoms with van der Waals surface area (Å²) in [7, 11) is 0. The zero-order chi connectivity index (χ0) is 10.5. The third-order valence-electron chi connectivity index (χ3n) is 1.56. The summed E-state index contributed by atoms with van der Waals surface area (Å²) in [6.45, 7) is 3.95. The molecule has 0 unspecified atom stereocenters. The molecule has 0 heterocycles. The molecule has 0 aliphatic carbocycles. The molecule has 0 fully saturated rings. The quantitative estimate of drug-likeness (QED) is 0.533. The maximum Gasteiger partial charge on any atom is 0.304 e. The van der Waals surface area contributed by atoms with E-state index in [1.165, 1.54) is 0 Å². The number of carbonyl (C=O) groups is 2. The van der Waals surface area contributed by atoms with Gasteiger partial charge in [0.2, 0.25) is 5.91 Å². The van der Waals surface area contributed by atoms with Crippen LogP contribution in [-0.4, -0.2) is 29.1 Å². The van der Waals surface area contributed by atoms with Gasteiger partial charge < -0.3 is 16.2 Å². The van der Waals surface area contributed by atoms with Crippen molar-refractivity contribution in [2.45, 2.75) is 32.2 Å². The van der Waals surface area contributed by atoms with Crippen LogP contribution in [0.2, 0.25) is 0 Å². The highest BCUT2D eigenvalue weighted by molar-refractivity contribution is 5.75. The van der Waals surface area contributed by atoms with Crippen molar-refractivity contribution in [1.29, 1.82) is 0 Å². The Hall–Kier alpha value is -1.10. The topological polar surface area (TPSA) is 92.4 Å². The number of nitrogens with two attached hydrogens (primary N) is 1. The van der Waals surface area contributed by atoms with Crippen LogP contribution in [0.4, 0.5) is 0 Å². The van der Waals surface area contributed by atoms with Gasteiger partial charge in [-0.25, -0.2) is 0 Å². The second-order valence-electron chi connectivity index (χ2n) is 3.60. The predicted octanol–water partition coefficient (Wildman–Crippen LogP) is -0.295. The average Bonchev–Trinajstić information content (AvgIpc) is 1.81. The fourth-order valence-electron chi connectivity index (χ4n) is 1.01. The molecular weight excluding hydrogens is 172 g/mol. The predicted molar refractivity (Wildman–Crippen MR) is 48.1 cm³/mol. The highest BCUT2D eigenvalue weighted by Gasteiger charge is 2.19. The van der Waals surface area contributed by atoms with E-state index in [-0.39, 0.29) is 12.8 Å². The summed E-state index contributed by atoms with van der Waals surface area (Å²) >= 11 is 0. The fourth-order valence-corrected chi connectivity index (χ4v) is 1.01. The molecule has 0 spiro atoms. The van der Waals surface area contributed by atoms with E-state index in [9.17, 15) is 9.59 Å². The van der Waals surface area contributed by atoms with Crippen molar-refractivity contribution in [1.82, 2.24) is 5.32 Å². The summed E-state index contributed by atoms with van der Waals surface area (Å²) in [5.41, 5.74) is 4.59. The first-order valence-corrected chi connectivity index (χ1v) is 4.08. The van der Waals surface area contributed by atoms with Gasteiger partial charge in [0.1, 0.15) is 0 Å². The Bertz CT molecular complexity index is 202. The molecule has 0 aliphatic heterocycles. The molecular formula is C8H16N2O3. The standard InChI is InChI=1S/C8H16N2O3/c1-8(2,5-6(9)11)10-4-3-7(12)13/h10H,3-5H2,1-2H3,(H2,9,11)(H,12,13). The minimum Gasteiger partial charge on any atom is -0.481 e. The van der Waals surface area contributed by atoms with Gasteiger partial charge in [-0.15, -0.1) is 0 Å². The van der Waals surface area contributed by atoms with E-state index in [1.54, 1.807) is 13.8 Å². The molecule has 0 aliphatic rings. The highest BCUT2D eigenvalue weighted by Crippen LogP contribution is 2.06. The summed E-state index contributed by atoms with van der Waals surface area (Å²) in [5.74, 6) is -1.25. The number of carboxylic acids is 1. The van der Waals surface area contributed by atoms with Crippen molar-refractivity contribution in [3.8, 4) is 0 Å². The van der Waals surface area contributed by atoms with Crippen molar-refractivity contribution >= 4 is 11.9 Å². The number of primary amides is 1. The van der Waals surface area contributed by atoms with Crippen LogP contribution in [0.1, 0.15) is 26.7 Å². The third-order valence-corrected chi connectivity index (χ3v) is 1.56. The van der Waals surface area contributed by atoms with E-state index >= 15 is 0 Å². The van der Waals surface area contributed by atoms with Gasteiger partial charge in [-0.1, -0.05) is 0 Å². The van der Waals surface area contributed by atoms with Crippen molar-refractivity contribution < 1.29 is 14.7 Å². The van der Waals surface area contributed by atoms with Crippen LogP contribution < -0.4 is 11.1 Å². The molecule has 0 aromatic rings. The Morgan fingerprint density at radius 3 is 2.38 bits per heavy atom. The van der Waals surface area contributed by atoms with Gasteiger partial charge in [-0.2, -0.15) is 0 Å². The first-order valence-electron chi connectivity index (χ1n) is 4.08. The molecule has 76 valence electrons. The monoisotopic (exact) mass is 188 g/mol. The van der Waals surface area contributed by atoms with E-state index in [0.29, 0.717) is 6.54 Å². The van der Waals surface area contributed by atoms with Crippen LogP contribution in [0.5, 0.6) is 0 Å². The average molecular weight is 188 g/mol. The normalized spacial score (nSPS) is 11.2. The molecule has 1 amide bonds. The van der Waals surface area contributed by atoms with Gasteiger partial charge >= 0.3 is 5.97 Å². The Morgan fingerprint density at radius 2 is 2.00 bits per heavy atom. The molecule has 13 heavy (non-hydrogen) atoms. The minimum atomic E-state index is -0.859. The van der Waals surface area contributed by atoms with Crippen molar-refractivity contribution in [3.05, 3.63) is 0 Å². The zero-order valence-electron chi connectivity index (χ0n) is 7.96. The summed E-state index contributed by atoms with van der Waals surface area (Å²) in [4.78, 5) is 20.8. The van der Waals surface area contributed by atoms with Crippen LogP contribution in [0, 0.1) is 0 Å². The second kappa shape index (κ2) is 4.81. The smallest absolute Gasteiger partial charge is 0.304 e. The van der Waals surface area contributed by atoms with Crippen molar-refractivity contribution in [2.75, 3.05) is 6.54 Å². The lowest BCUT2D eigenvalue weighted by Gasteiger charge is -2.24. The van der Waals surface area contributed by atoms with Crippen LogP contribution in [0.25, 0.3) is 0 Å². The number of hydrogen-bond acceptors (Lipinski definition) is 3. The first kappa shape index (κ1) is 11.9. The molecule has 0 radical (unpaired) electrons. The van der Waals surface area contributed by atoms with Crippen LogP contribution in [-0.2, 0) is 9.59 Å². The maximum absolute atomic E-state index is 10.6. The second-order valence-corrected chi connectivity index (χ2v) is 3.60. The van der Waals surface area contributed by atoms with E-state index < -0.39 is 17.4 Å². The summed E-state index contributed by atoms with van der Waals surface area (Å²) in [6, 6.07) is 0. The lowest BCUT2D eigenvalue weighted by molar-refractivity contribution is -0.136. The molecule has 0 saturated carbocycles. The molecule has 0 rings (SSSR count). The number of hydrogen-bond donors (Lipinski definition) is 3. The number of amides is 1. The first-order chi connectivity index (χ1) is 5.83. The largest absolute Gasteiger partial charge is 0.481 e. The van der Waals surface area contributed by atoms with Crippen molar-refractivity contribution in [2.24, 2.45) is 5.73 Å². The Balaban J connectivity index is 3.75.